The Morgan fingerprint density at radius 2 is 1.96 bits per heavy atom. The average Bonchev–Trinajstić information content (AvgIpc) is 3.30. The van der Waals surface area contributed by atoms with Gasteiger partial charge in [-0.2, -0.15) is 13.2 Å². The van der Waals surface area contributed by atoms with Gasteiger partial charge in [0.05, 0.1) is 0 Å². The number of pyridine rings is 1. The minimum absolute atomic E-state index is 0.389. The molecular formula is C19H23F3N4. The van der Waals surface area contributed by atoms with Gasteiger partial charge in [0.15, 0.2) is 0 Å². The zero-order valence-electron chi connectivity index (χ0n) is 14.6. The summed E-state index contributed by atoms with van der Waals surface area (Å²) in [7, 11) is 0. The predicted molar refractivity (Wildman–Crippen MR) is 91.4 cm³/mol. The first-order valence-corrected chi connectivity index (χ1v) is 9.24. The molecule has 1 atom stereocenters. The van der Waals surface area contributed by atoms with E-state index in [1.165, 1.54) is 25.1 Å². The minimum Gasteiger partial charge on any atom is -0.334 e. The van der Waals surface area contributed by atoms with Crippen molar-refractivity contribution in [1.29, 1.82) is 0 Å². The van der Waals surface area contributed by atoms with Crippen molar-refractivity contribution in [1.82, 2.24) is 19.4 Å². The van der Waals surface area contributed by atoms with Crippen LogP contribution in [0, 0.1) is 5.92 Å². The maximum atomic E-state index is 12.6. The van der Waals surface area contributed by atoms with Crippen LogP contribution in [0.4, 0.5) is 13.2 Å². The van der Waals surface area contributed by atoms with Gasteiger partial charge in [-0.05, 0) is 49.8 Å². The normalized spacial score (nSPS) is 21.9. The summed E-state index contributed by atoms with van der Waals surface area (Å²) in [6.45, 7) is 3.54. The van der Waals surface area contributed by atoms with Gasteiger partial charge in [0.1, 0.15) is 11.5 Å². The SMILES string of the molecule is FC(F)(F)c1ccc(CN2CCC[C@H](c3nccn3CC3CC3)C2)cn1. The van der Waals surface area contributed by atoms with Crippen LogP contribution >= 0.6 is 0 Å². The topological polar surface area (TPSA) is 34.0 Å². The van der Waals surface area contributed by atoms with E-state index in [0.717, 1.165) is 55.8 Å². The molecule has 1 saturated carbocycles. The number of rotatable bonds is 5. The lowest BCUT2D eigenvalue weighted by Crippen LogP contribution is -2.35. The van der Waals surface area contributed by atoms with Crippen molar-refractivity contribution >= 4 is 0 Å². The Bertz CT molecular complexity index is 734. The Labute approximate surface area is 151 Å². The highest BCUT2D eigenvalue weighted by atomic mass is 19.4. The molecular weight excluding hydrogens is 341 g/mol. The van der Waals surface area contributed by atoms with Crippen LogP contribution in [0.5, 0.6) is 0 Å². The second-order valence-corrected chi connectivity index (χ2v) is 7.50. The number of nitrogens with zero attached hydrogens (tertiary/aromatic N) is 4. The number of piperidine rings is 1. The quantitative estimate of drug-likeness (QED) is 0.801. The standard InChI is InChI=1S/C19H23F3N4/c20-19(21,22)17-6-5-15(10-24-17)11-25-8-1-2-16(13-25)18-23-7-9-26(18)12-14-3-4-14/h5-7,9-10,14,16H,1-4,8,11-13H2/t16-/m0/s1. The van der Waals surface area contributed by atoms with E-state index in [0.29, 0.717) is 12.5 Å². The van der Waals surface area contributed by atoms with Crippen LogP contribution in [-0.4, -0.2) is 32.5 Å². The molecule has 0 N–H and O–H groups in total. The van der Waals surface area contributed by atoms with Crippen molar-refractivity contribution in [2.24, 2.45) is 5.92 Å². The average molecular weight is 364 g/mol. The largest absolute Gasteiger partial charge is 0.433 e. The van der Waals surface area contributed by atoms with E-state index >= 15 is 0 Å². The Morgan fingerprint density at radius 1 is 1.12 bits per heavy atom. The Kier molecular flexibility index (Phi) is 4.73. The summed E-state index contributed by atoms with van der Waals surface area (Å²) in [5, 5.41) is 0. The molecule has 2 aliphatic rings. The monoisotopic (exact) mass is 364 g/mol. The van der Waals surface area contributed by atoms with Crippen LogP contribution in [0.2, 0.25) is 0 Å². The number of alkyl halides is 3. The zero-order valence-corrected chi connectivity index (χ0v) is 14.6. The van der Waals surface area contributed by atoms with Gasteiger partial charge in [0, 0.05) is 44.1 Å². The third-order valence-corrected chi connectivity index (χ3v) is 5.29. The predicted octanol–water partition coefficient (Wildman–Crippen LogP) is 4.09. The van der Waals surface area contributed by atoms with Gasteiger partial charge in [-0.3, -0.25) is 9.88 Å². The highest BCUT2D eigenvalue weighted by Gasteiger charge is 2.32. The van der Waals surface area contributed by atoms with E-state index < -0.39 is 11.9 Å². The van der Waals surface area contributed by atoms with Crippen molar-refractivity contribution in [3.63, 3.8) is 0 Å². The Balaban J connectivity index is 1.40. The minimum atomic E-state index is -4.38. The molecule has 0 radical (unpaired) electrons. The lowest BCUT2D eigenvalue weighted by atomic mass is 9.96. The van der Waals surface area contributed by atoms with E-state index in [4.69, 9.17) is 0 Å². The van der Waals surface area contributed by atoms with Gasteiger partial charge < -0.3 is 4.57 Å². The van der Waals surface area contributed by atoms with Gasteiger partial charge >= 0.3 is 6.18 Å². The van der Waals surface area contributed by atoms with Gasteiger partial charge in [-0.25, -0.2) is 4.98 Å². The number of likely N-dealkylation sites (tertiary alicyclic amines) is 1. The molecule has 0 unspecified atom stereocenters. The number of hydrogen-bond acceptors (Lipinski definition) is 3. The van der Waals surface area contributed by atoms with Crippen LogP contribution in [-0.2, 0) is 19.3 Å². The summed E-state index contributed by atoms with van der Waals surface area (Å²) < 4.78 is 40.2. The van der Waals surface area contributed by atoms with Crippen LogP contribution in [0.15, 0.2) is 30.7 Å². The lowest BCUT2D eigenvalue weighted by Gasteiger charge is -2.32. The fraction of sp³-hybridized carbons (Fsp3) is 0.579. The molecule has 0 spiro atoms. The van der Waals surface area contributed by atoms with E-state index in [2.05, 4.69) is 25.6 Å². The first-order chi connectivity index (χ1) is 12.5. The van der Waals surface area contributed by atoms with E-state index in [-0.39, 0.29) is 0 Å². The molecule has 2 aromatic heterocycles. The number of aromatic nitrogens is 3. The molecule has 26 heavy (non-hydrogen) atoms. The number of hydrogen-bond donors (Lipinski definition) is 0. The van der Waals surface area contributed by atoms with Gasteiger partial charge in [-0.1, -0.05) is 6.07 Å². The first kappa shape index (κ1) is 17.5. The molecule has 0 aromatic carbocycles. The molecule has 4 nitrogen and oxygen atoms in total. The first-order valence-electron chi connectivity index (χ1n) is 9.24. The van der Waals surface area contributed by atoms with E-state index in [1.807, 2.05) is 6.20 Å². The molecule has 4 rings (SSSR count). The molecule has 1 saturated heterocycles. The summed E-state index contributed by atoms with van der Waals surface area (Å²) in [5.41, 5.74) is -0.0140. The molecule has 0 amide bonds. The van der Waals surface area contributed by atoms with Crippen molar-refractivity contribution in [3.8, 4) is 0 Å². The Hall–Kier alpha value is -1.89. The number of halogens is 3. The molecule has 7 heteroatoms. The molecule has 1 aliphatic carbocycles. The van der Waals surface area contributed by atoms with Crippen molar-refractivity contribution in [2.75, 3.05) is 13.1 Å². The molecule has 3 heterocycles. The van der Waals surface area contributed by atoms with Crippen LogP contribution in [0.25, 0.3) is 0 Å². The summed E-state index contributed by atoms with van der Waals surface area (Å²) in [5.74, 6) is 2.35. The second-order valence-electron chi connectivity index (χ2n) is 7.50. The summed E-state index contributed by atoms with van der Waals surface area (Å²) in [6, 6.07) is 2.60. The second kappa shape index (κ2) is 7.02. The van der Waals surface area contributed by atoms with Crippen molar-refractivity contribution in [2.45, 2.75) is 50.9 Å². The van der Waals surface area contributed by atoms with Crippen LogP contribution in [0.1, 0.15) is 48.7 Å². The maximum absolute atomic E-state index is 12.6. The van der Waals surface area contributed by atoms with Crippen molar-refractivity contribution in [3.05, 3.63) is 47.8 Å². The molecule has 0 bridgehead atoms. The number of imidazole rings is 1. The fourth-order valence-corrected chi connectivity index (χ4v) is 3.77. The summed E-state index contributed by atoms with van der Waals surface area (Å²) in [6.07, 6.45) is 5.75. The summed E-state index contributed by atoms with van der Waals surface area (Å²) >= 11 is 0. The smallest absolute Gasteiger partial charge is 0.334 e. The lowest BCUT2D eigenvalue weighted by molar-refractivity contribution is -0.141. The van der Waals surface area contributed by atoms with Gasteiger partial charge in [0.2, 0.25) is 0 Å². The van der Waals surface area contributed by atoms with E-state index in [1.54, 1.807) is 0 Å². The Morgan fingerprint density at radius 3 is 2.65 bits per heavy atom. The summed E-state index contributed by atoms with van der Waals surface area (Å²) in [4.78, 5) is 10.5. The fourth-order valence-electron chi connectivity index (χ4n) is 3.77. The van der Waals surface area contributed by atoms with Crippen LogP contribution in [0.3, 0.4) is 0 Å². The van der Waals surface area contributed by atoms with E-state index in [9.17, 15) is 13.2 Å². The van der Waals surface area contributed by atoms with Crippen LogP contribution < -0.4 is 0 Å². The van der Waals surface area contributed by atoms with Gasteiger partial charge in [0.25, 0.3) is 0 Å². The zero-order chi connectivity index (χ0) is 18.1. The molecule has 2 fully saturated rings. The highest BCUT2D eigenvalue weighted by Crippen LogP contribution is 2.33. The van der Waals surface area contributed by atoms with Gasteiger partial charge in [-0.15, -0.1) is 0 Å². The van der Waals surface area contributed by atoms with Crippen molar-refractivity contribution < 1.29 is 13.2 Å². The third-order valence-electron chi connectivity index (χ3n) is 5.29. The third kappa shape index (κ3) is 4.09. The highest BCUT2D eigenvalue weighted by molar-refractivity contribution is 5.16. The molecule has 140 valence electrons. The maximum Gasteiger partial charge on any atom is 0.433 e. The molecule has 2 aromatic rings. The molecule has 1 aliphatic heterocycles.